The lowest BCUT2D eigenvalue weighted by Gasteiger charge is -2.37. The first-order valence-electron chi connectivity index (χ1n) is 30.3. The van der Waals surface area contributed by atoms with Crippen LogP contribution in [-0.4, -0.2) is 173 Å². The number of aromatic nitrogens is 4. The second kappa shape index (κ2) is 27.8. The Labute approximate surface area is 496 Å². The van der Waals surface area contributed by atoms with Crippen LogP contribution in [0.4, 0.5) is 23.3 Å². The van der Waals surface area contributed by atoms with Gasteiger partial charge in [-0.2, -0.15) is 0 Å². The number of likely N-dealkylation sites (tertiary alicyclic amines) is 1. The van der Waals surface area contributed by atoms with Crippen LogP contribution in [0, 0.1) is 5.92 Å². The Hall–Kier alpha value is -7.76. The third-order valence-corrected chi connectivity index (χ3v) is 17.5. The standard InChI is InChI=1S/C68H84N12O4/c1-7-75(8-2)26-11-27-76-31-35-80(36-32-76)65-44-55(41-51-18-20-59(84-6)46-61(51)65)63-22-25-70-68(73-63)74-66(52-14-10-16-57(42-52)82-4)53-23-30-78(48-53)29-12-28-77-33-37-79(38-34-77)64-43-54(40-50-17-19-58(83-5)45-60(50)64)62-21-24-69-67(72-62)71-47-49-13-9-15-56(39-49)81-3/h9-10,13-22,24-25,39-46,53,66H,7-8,11-12,23,26-38,47-48H2,1-6H3,(H,69,71,72)(H,70,73,74). The summed E-state index contributed by atoms with van der Waals surface area (Å²) in [5.74, 6) is 4.94. The minimum absolute atomic E-state index is 0.0105. The summed E-state index contributed by atoms with van der Waals surface area (Å²) in [4.78, 5) is 35.2. The summed E-state index contributed by atoms with van der Waals surface area (Å²) in [6, 6.07) is 42.5. The van der Waals surface area contributed by atoms with Crippen molar-refractivity contribution in [3.63, 3.8) is 0 Å². The van der Waals surface area contributed by atoms with Crippen LogP contribution in [0.25, 0.3) is 44.1 Å². The van der Waals surface area contributed by atoms with Gasteiger partial charge in [0.15, 0.2) is 0 Å². The van der Waals surface area contributed by atoms with Crippen molar-refractivity contribution in [1.82, 2.24) is 39.5 Å². The third kappa shape index (κ3) is 14.1. The lowest BCUT2D eigenvalue weighted by Crippen LogP contribution is -2.47. The second-order valence-corrected chi connectivity index (χ2v) is 22.5. The average Bonchev–Trinajstić information content (AvgIpc) is 3.31. The van der Waals surface area contributed by atoms with E-state index in [1.54, 1.807) is 28.4 Å². The molecule has 16 heteroatoms. The van der Waals surface area contributed by atoms with Gasteiger partial charge in [0.25, 0.3) is 0 Å². The van der Waals surface area contributed by atoms with Crippen molar-refractivity contribution in [1.29, 1.82) is 0 Å². The van der Waals surface area contributed by atoms with Gasteiger partial charge in [-0.05, 0) is 178 Å². The van der Waals surface area contributed by atoms with E-state index in [1.165, 1.54) is 39.5 Å². The Bertz CT molecular complexity index is 3450. The molecule has 6 aromatic carbocycles. The molecule has 0 aliphatic carbocycles. The number of fused-ring (bicyclic) bond motifs is 2. The van der Waals surface area contributed by atoms with Gasteiger partial charge in [-0.15, -0.1) is 0 Å². The van der Waals surface area contributed by atoms with E-state index in [-0.39, 0.29) is 6.04 Å². The van der Waals surface area contributed by atoms with E-state index < -0.39 is 0 Å². The van der Waals surface area contributed by atoms with Crippen molar-refractivity contribution in [2.24, 2.45) is 5.92 Å². The Morgan fingerprint density at radius 2 is 1.07 bits per heavy atom. The molecule has 3 aliphatic heterocycles. The van der Waals surface area contributed by atoms with E-state index >= 15 is 0 Å². The van der Waals surface area contributed by atoms with Gasteiger partial charge in [0, 0.05) is 111 Å². The summed E-state index contributed by atoms with van der Waals surface area (Å²) >= 11 is 0. The number of hydrogen-bond donors (Lipinski definition) is 2. The molecule has 2 N–H and O–H groups in total. The van der Waals surface area contributed by atoms with Gasteiger partial charge in [0.2, 0.25) is 11.9 Å². The van der Waals surface area contributed by atoms with Crippen LogP contribution < -0.4 is 39.4 Å². The highest BCUT2D eigenvalue weighted by molar-refractivity contribution is 6.00. The average molecular weight is 1130 g/mol. The molecular weight excluding hydrogens is 1050 g/mol. The molecule has 0 spiro atoms. The van der Waals surface area contributed by atoms with E-state index in [9.17, 15) is 0 Å². The zero-order chi connectivity index (χ0) is 57.8. The number of anilines is 4. The molecule has 3 saturated heterocycles. The number of ether oxygens (including phenoxy) is 4. The van der Waals surface area contributed by atoms with E-state index in [2.05, 4.69) is 138 Å². The summed E-state index contributed by atoms with van der Waals surface area (Å²) in [6.07, 6.45) is 7.12. The molecule has 0 bridgehead atoms. The molecule has 0 amide bonds. The SMILES string of the molecule is CCN(CC)CCCN1CCN(c2cc(-c3ccnc(NC(c4cccc(OC)c4)C4CCN(CCCN5CCN(c6cc(-c7ccnc(NCc8cccc(OC)c8)n7)cc7ccc(OC)cc67)CC5)C4)n3)cc3ccc(OC)cc23)CC1. The molecule has 3 fully saturated rings. The highest BCUT2D eigenvalue weighted by Crippen LogP contribution is 2.39. The highest BCUT2D eigenvalue weighted by Gasteiger charge is 2.32. The maximum Gasteiger partial charge on any atom is 0.223 e. The Balaban J connectivity index is 0.731. The number of piperazine rings is 2. The van der Waals surface area contributed by atoms with E-state index in [0.717, 1.165) is 174 Å². The van der Waals surface area contributed by atoms with Crippen molar-refractivity contribution >= 4 is 44.8 Å². The van der Waals surface area contributed by atoms with Crippen LogP contribution in [0.3, 0.4) is 0 Å². The van der Waals surface area contributed by atoms with Gasteiger partial charge in [0.05, 0.1) is 45.9 Å². The van der Waals surface area contributed by atoms with E-state index in [0.29, 0.717) is 24.4 Å². The number of methoxy groups -OCH3 is 4. The zero-order valence-corrected chi connectivity index (χ0v) is 50.1. The predicted octanol–water partition coefficient (Wildman–Crippen LogP) is 11.1. The van der Waals surface area contributed by atoms with Crippen LogP contribution in [0.1, 0.15) is 50.3 Å². The number of nitrogens with zero attached hydrogens (tertiary/aromatic N) is 10. The third-order valence-electron chi connectivity index (χ3n) is 17.5. The molecule has 16 nitrogen and oxygen atoms in total. The Morgan fingerprint density at radius 1 is 0.536 bits per heavy atom. The van der Waals surface area contributed by atoms with Gasteiger partial charge < -0.3 is 49.2 Å². The Morgan fingerprint density at radius 3 is 1.67 bits per heavy atom. The van der Waals surface area contributed by atoms with Crippen molar-refractivity contribution in [3.05, 3.63) is 145 Å². The smallest absolute Gasteiger partial charge is 0.223 e. The molecule has 8 aromatic rings. The monoisotopic (exact) mass is 1130 g/mol. The fraction of sp³-hybridized carbons (Fsp3) is 0.412. The quantitative estimate of drug-likeness (QED) is 0.0562. The van der Waals surface area contributed by atoms with E-state index in [4.69, 9.17) is 33.9 Å². The van der Waals surface area contributed by atoms with Crippen LogP contribution in [0.15, 0.2) is 134 Å². The van der Waals surface area contributed by atoms with E-state index in [1.807, 2.05) is 54.9 Å². The van der Waals surface area contributed by atoms with Crippen molar-refractivity contribution in [2.45, 2.75) is 45.7 Å². The van der Waals surface area contributed by atoms with Gasteiger partial charge in [-0.3, -0.25) is 9.80 Å². The first-order chi connectivity index (χ1) is 41.3. The highest BCUT2D eigenvalue weighted by atomic mass is 16.5. The van der Waals surface area contributed by atoms with Crippen molar-refractivity contribution in [2.75, 3.05) is 154 Å². The minimum atomic E-state index is -0.0105. The second-order valence-electron chi connectivity index (χ2n) is 22.5. The molecule has 2 unspecified atom stereocenters. The van der Waals surface area contributed by atoms with Crippen molar-refractivity contribution in [3.8, 4) is 45.5 Å². The normalized spacial score (nSPS) is 16.6. The number of benzene rings is 6. The van der Waals surface area contributed by atoms with Crippen LogP contribution in [0.2, 0.25) is 0 Å². The van der Waals surface area contributed by atoms with Crippen molar-refractivity contribution < 1.29 is 18.9 Å². The molecule has 0 saturated carbocycles. The molecule has 0 radical (unpaired) electrons. The lowest BCUT2D eigenvalue weighted by atomic mass is 9.92. The molecule has 11 rings (SSSR count). The predicted molar refractivity (Wildman–Crippen MR) is 342 cm³/mol. The zero-order valence-electron chi connectivity index (χ0n) is 50.1. The summed E-state index contributed by atoms with van der Waals surface area (Å²) in [5, 5.41) is 12.0. The van der Waals surface area contributed by atoms with Gasteiger partial charge in [0.1, 0.15) is 23.0 Å². The number of nitrogens with one attached hydrogen (secondary N) is 2. The number of hydrogen-bond acceptors (Lipinski definition) is 16. The molecule has 5 heterocycles. The van der Waals surface area contributed by atoms with Gasteiger partial charge in [-0.1, -0.05) is 50.2 Å². The van der Waals surface area contributed by atoms with Gasteiger partial charge >= 0.3 is 0 Å². The summed E-state index contributed by atoms with van der Waals surface area (Å²) < 4.78 is 22.7. The molecular formula is C68H84N12O4. The summed E-state index contributed by atoms with van der Waals surface area (Å²) in [7, 11) is 6.91. The topological polar surface area (TPSA) is 132 Å². The maximum absolute atomic E-state index is 5.78. The molecule has 2 aromatic heterocycles. The fourth-order valence-corrected chi connectivity index (χ4v) is 12.7. The summed E-state index contributed by atoms with van der Waals surface area (Å²) in [5.41, 5.74) is 8.60. The molecule has 84 heavy (non-hydrogen) atoms. The van der Waals surface area contributed by atoms with Crippen LogP contribution >= 0.6 is 0 Å². The first-order valence-corrected chi connectivity index (χ1v) is 30.3. The van der Waals surface area contributed by atoms with Crippen LogP contribution in [0.5, 0.6) is 23.0 Å². The summed E-state index contributed by atoms with van der Waals surface area (Å²) in [6.45, 7) is 21.7. The molecule has 3 aliphatic rings. The molecule has 440 valence electrons. The number of rotatable bonds is 25. The fourth-order valence-electron chi connectivity index (χ4n) is 12.7. The minimum Gasteiger partial charge on any atom is -0.497 e. The molecule has 2 atom stereocenters. The van der Waals surface area contributed by atoms with Gasteiger partial charge in [-0.25, -0.2) is 19.9 Å². The van der Waals surface area contributed by atoms with Crippen LogP contribution in [-0.2, 0) is 6.54 Å². The maximum atomic E-state index is 5.78. The Kier molecular flexibility index (Phi) is 19.2. The first kappa shape index (κ1) is 58.0. The largest absolute Gasteiger partial charge is 0.497 e. The lowest BCUT2D eigenvalue weighted by molar-refractivity contribution is 0.227.